The van der Waals surface area contributed by atoms with E-state index in [9.17, 15) is 18.0 Å². The zero-order chi connectivity index (χ0) is 26.9. The lowest BCUT2D eigenvalue weighted by molar-refractivity contribution is -0.136. The highest BCUT2D eigenvalue weighted by molar-refractivity contribution is 6.33. The van der Waals surface area contributed by atoms with Crippen molar-refractivity contribution in [3.8, 4) is 22.3 Å². The second-order valence-corrected chi connectivity index (χ2v) is 9.11. The molecule has 0 aliphatic rings. The quantitative estimate of drug-likeness (QED) is 0.243. The van der Waals surface area contributed by atoms with Gasteiger partial charge in [0.05, 0.1) is 21.8 Å². The molecular formula is C30H21ClF3N3O. The highest BCUT2D eigenvalue weighted by atomic mass is 35.5. The number of para-hydroxylation sites is 2. The summed E-state index contributed by atoms with van der Waals surface area (Å²) in [6.07, 6.45) is -3.08. The number of halogens is 4. The molecule has 0 saturated carbocycles. The van der Waals surface area contributed by atoms with Gasteiger partial charge in [-0.1, -0.05) is 72.3 Å². The minimum Gasteiger partial charge on any atom is -0.308 e. The van der Waals surface area contributed by atoms with Crippen LogP contribution in [0.2, 0.25) is 5.02 Å². The van der Waals surface area contributed by atoms with Crippen LogP contribution in [0, 0.1) is 6.92 Å². The van der Waals surface area contributed by atoms with E-state index in [1.54, 1.807) is 54.6 Å². The van der Waals surface area contributed by atoms with Crippen molar-refractivity contribution in [1.82, 2.24) is 4.98 Å². The molecule has 0 aliphatic heterocycles. The second-order valence-electron chi connectivity index (χ2n) is 8.70. The molecule has 4 nitrogen and oxygen atoms in total. The average molecular weight is 532 g/mol. The Kier molecular flexibility index (Phi) is 6.78. The normalized spacial score (nSPS) is 11.4. The molecule has 190 valence electrons. The molecule has 0 unspecified atom stereocenters. The van der Waals surface area contributed by atoms with E-state index in [1.807, 2.05) is 31.2 Å². The van der Waals surface area contributed by atoms with Crippen LogP contribution >= 0.6 is 11.6 Å². The van der Waals surface area contributed by atoms with Crippen molar-refractivity contribution in [3.05, 3.63) is 113 Å². The third-order valence-electron chi connectivity index (χ3n) is 6.17. The summed E-state index contributed by atoms with van der Waals surface area (Å²) in [6.45, 7) is 1.94. The maximum atomic E-state index is 13.9. The Bertz CT molecular complexity index is 1670. The van der Waals surface area contributed by atoms with Crippen molar-refractivity contribution < 1.29 is 18.0 Å². The maximum Gasteiger partial charge on any atom is 0.418 e. The predicted molar refractivity (Wildman–Crippen MR) is 146 cm³/mol. The van der Waals surface area contributed by atoms with Crippen molar-refractivity contribution in [3.63, 3.8) is 0 Å². The number of hydrogen-bond donors (Lipinski definition) is 2. The molecule has 0 radical (unpaired) electrons. The SMILES string of the molecule is Cc1ccccc1-c1cnc2c(C(F)(F)F)cccc2c1-c1cccc(NC(=O)Nc2ccccc2Cl)c1. The molecule has 0 fully saturated rings. The van der Waals surface area contributed by atoms with Crippen LogP contribution in [-0.4, -0.2) is 11.0 Å². The van der Waals surface area contributed by atoms with Gasteiger partial charge in [-0.05, 0) is 53.9 Å². The number of urea groups is 1. The topological polar surface area (TPSA) is 54.0 Å². The third-order valence-corrected chi connectivity index (χ3v) is 6.50. The number of pyridine rings is 1. The van der Waals surface area contributed by atoms with Gasteiger partial charge in [0.25, 0.3) is 0 Å². The van der Waals surface area contributed by atoms with Gasteiger partial charge in [0.1, 0.15) is 0 Å². The van der Waals surface area contributed by atoms with Crippen molar-refractivity contribution in [2.24, 2.45) is 0 Å². The van der Waals surface area contributed by atoms with Crippen LogP contribution in [0.15, 0.2) is 97.2 Å². The molecule has 0 bridgehead atoms. The molecule has 0 aliphatic carbocycles. The molecule has 0 saturated heterocycles. The average Bonchev–Trinajstić information content (AvgIpc) is 2.89. The van der Waals surface area contributed by atoms with Crippen molar-refractivity contribution >= 4 is 39.9 Å². The summed E-state index contributed by atoms with van der Waals surface area (Å²) >= 11 is 6.14. The lowest BCUT2D eigenvalue weighted by Gasteiger charge is -2.18. The van der Waals surface area contributed by atoms with Gasteiger partial charge < -0.3 is 10.6 Å². The van der Waals surface area contributed by atoms with Gasteiger partial charge in [-0.15, -0.1) is 0 Å². The lowest BCUT2D eigenvalue weighted by Crippen LogP contribution is -2.19. The Morgan fingerprint density at radius 2 is 1.58 bits per heavy atom. The van der Waals surface area contributed by atoms with Crippen molar-refractivity contribution in [2.45, 2.75) is 13.1 Å². The van der Waals surface area contributed by atoms with Gasteiger partial charge in [-0.2, -0.15) is 13.2 Å². The molecule has 5 rings (SSSR count). The first kappa shape index (κ1) is 25.3. The van der Waals surface area contributed by atoms with E-state index in [0.717, 1.165) is 17.2 Å². The molecular weight excluding hydrogens is 511 g/mol. The minimum atomic E-state index is -4.56. The number of fused-ring (bicyclic) bond motifs is 1. The monoisotopic (exact) mass is 531 g/mol. The fourth-order valence-corrected chi connectivity index (χ4v) is 4.62. The molecule has 0 spiro atoms. The van der Waals surface area contributed by atoms with Gasteiger partial charge in [0.15, 0.2) is 0 Å². The minimum absolute atomic E-state index is 0.137. The zero-order valence-corrected chi connectivity index (χ0v) is 20.9. The number of hydrogen-bond acceptors (Lipinski definition) is 2. The van der Waals surface area contributed by atoms with Gasteiger partial charge in [0.2, 0.25) is 0 Å². The largest absolute Gasteiger partial charge is 0.418 e. The van der Waals surface area contributed by atoms with Crippen LogP contribution in [0.4, 0.5) is 29.3 Å². The molecule has 1 aromatic heterocycles. The van der Waals surface area contributed by atoms with Gasteiger partial charge in [-0.25, -0.2) is 4.79 Å². The van der Waals surface area contributed by atoms with Crippen molar-refractivity contribution in [1.29, 1.82) is 0 Å². The number of carbonyl (C=O) groups is 1. The number of rotatable bonds is 4. The molecule has 2 N–H and O–H groups in total. The number of nitrogens with one attached hydrogen (secondary N) is 2. The van der Waals surface area contributed by atoms with Crippen LogP contribution in [0.3, 0.4) is 0 Å². The molecule has 8 heteroatoms. The number of anilines is 2. The molecule has 38 heavy (non-hydrogen) atoms. The molecule has 0 atom stereocenters. The maximum absolute atomic E-state index is 13.9. The summed E-state index contributed by atoms with van der Waals surface area (Å²) in [5.41, 5.74) is 3.68. The molecule has 4 aromatic carbocycles. The Morgan fingerprint density at radius 1 is 0.842 bits per heavy atom. The highest BCUT2D eigenvalue weighted by Crippen LogP contribution is 2.42. The summed E-state index contributed by atoms with van der Waals surface area (Å²) in [5, 5.41) is 6.23. The van der Waals surface area contributed by atoms with Crippen LogP contribution in [-0.2, 0) is 6.18 Å². The van der Waals surface area contributed by atoms with Crippen LogP contribution < -0.4 is 10.6 Å². The fourth-order valence-electron chi connectivity index (χ4n) is 4.44. The van der Waals surface area contributed by atoms with Crippen LogP contribution in [0.25, 0.3) is 33.2 Å². The third kappa shape index (κ3) is 5.06. The molecule has 5 aromatic rings. The number of carbonyl (C=O) groups excluding carboxylic acids is 1. The first-order valence-electron chi connectivity index (χ1n) is 11.7. The van der Waals surface area contributed by atoms with E-state index in [4.69, 9.17) is 11.6 Å². The number of benzene rings is 4. The van der Waals surface area contributed by atoms with E-state index in [-0.39, 0.29) is 5.52 Å². The number of aromatic nitrogens is 1. The first-order valence-corrected chi connectivity index (χ1v) is 12.1. The number of nitrogens with zero attached hydrogens (tertiary/aromatic N) is 1. The number of amides is 2. The smallest absolute Gasteiger partial charge is 0.308 e. The fraction of sp³-hybridized carbons (Fsp3) is 0.0667. The van der Waals surface area contributed by atoms with E-state index in [0.29, 0.717) is 38.5 Å². The van der Waals surface area contributed by atoms with E-state index in [1.165, 1.54) is 12.3 Å². The van der Waals surface area contributed by atoms with E-state index in [2.05, 4.69) is 15.6 Å². The number of aryl methyl sites for hydroxylation is 1. The zero-order valence-electron chi connectivity index (χ0n) is 20.1. The summed E-state index contributed by atoms with van der Waals surface area (Å²) in [4.78, 5) is 16.9. The molecule has 1 heterocycles. The standard InChI is InChI=1S/C30H21ClF3N3O/c1-18-8-2-3-11-21(18)23-17-35-28-22(12-7-13-24(28)30(32,33)34)27(23)19-9-6-10-20(16-19)36-29(38)37-26-15-5-4-14-25(26)31/h2-17H,1H3,(H2,36,37,38). The Morgan fingerprint density at radius 3 is 2.34 bits per heavy atom. The van der Waals surface area contributed by atoms with Gasteiger partial charge >= 0.3 is 12.2 Å². The van der Waals surface area contributed by atoms with Crippen LogP contribution in [0.1, 0.15) is 11.1 Å². The van der Waals surface area contributed by atoms with Gasteiger partial charge in [-0.3, -0.25) is 4.98 Å². The van der Waals surface area contributed by atoms with E-state index < -0.39 is 17.8 Å². The Balaban J connectivity index is 1.63. The second kappa shape index (κ2) is 10.2. The summed E-state index contributed by atoms with van der Waals surface area (Å²) < 4.78 is 41.6. The Labute approximate surface area is 222 Å². The summed E-state index contributed by atoms with van der Waals surface area (Å²) in [6, 6.07) is 25.0. The summed E-state index contributed by atoms with van der Waals surface area (Å²) in [5.74, 6) is 0. The Hall–Kier alpha value is -4.36. The summed E-state index contributed by atoms with van der Waals surface area (Å²) in [7, 11) is 0. The van der Waals surface area contributed by atoms with Gasteiger partial charge in [0, 0.05) is 28.4 Å². The predicted octanol–water partition coefficient (Wildman–Crippen LogP) is 9.19. The first-order chi connectivity index (χ1) is 18.2. The highest BCUT2D eigenvalue weighted by Gasteiger charge is 2.33. The number of alkyl halides is 3. The molecule has 2 amide bonds. The van der Waals surface area contributed by atoms with E-state index >= 15 is 0 Å². The van der Waals surface area contributed by atoms with Crippen molar-refractivity contribution in [2.75, 3.05) is 10.6 Å². The van der Waals surface area contributed by atoms with Crippen LogP contribution in [0.5, 0.6) is 0 Å². The lowest BCUT2D eigenvalue weighted by atomic mass is 9.90.